The molecule has 6 aromatic rings. The van der Waals surface area contributed by atoms with E-state index < -0.39 is 0 Å². The van der Waals surface area contributed by atoms with E-state index in [4.69, 9.17) is 0 Å². The van der Waals surface area contributed by atoms with Crippen molar-refractivity contribution in [2.45, 2.75) is 51.9 Å². The molecule has 46 heavy (non-hydrogen) atoms. The first-order valence-corrected chi connectivity index (χ1v) is 16.3. The third kappa shape index (κ3) is 7.54. The minimum Gasteiger partial charge on any atom is -0.298 e. The van der Waals surface area contributed by atoms with Crippen molar-refractivity contribution in [1.29, 1.82) is 0 Å². The first-order chi connectivity index (χ1) is 22.4. The maximum absolute atomic E-state index is 4.20. The quantitative estimate of drug-likeness (QED) is 0.155. The van der Waals surface area contributed by atoms with Crippen LogP contribution >= 0.6 is 0 Å². The molecule has 0 aromatic heterocycles. The Bertz CT molecular complexity index is 1560. The van der Waals surface area contributed by atoms with Gasteiger partial charge in [-0.15, -0.1) is 0 Å². The molecule has 0 saturated heterocycles. The van der Waals surface area contributed by atoms with Crippen LogP contribution in [0.25, 0.3) is 0 Å². The van der Waals surface area contributed by atoms with Gasteiger partial charge in [-0.25, -0.2) is 0 Å². The van der Waals surface area contributed by atoms with Crippen molar-refractivity contribution in [2.75, 3.05) is 0 Å². The topological polar surface area (TPSA) is 24.1 Å². The Labute approximate surface area is 275 Å². The molecular formula is C44H44N2. The van der Waals surface area contributed by atoms with E-state index in [0.29, 0.717) is 0 Å². The standard InChI is InChI=1S/C44H44N2/c1-31-15-23-37(24-16-31)41(38-25-17-32(2)18-26-38)45-43(35-11-7-5-8-12-35)44(36-13-9-6-10-14-36)46-42(39-27-19-33(3)20-28-39)40-29-21-34(4)22-30-40/h5-30,41-46H,1-4H3. The van der Waals surface area contributed by atoms with Crippen LogP contribution in [0.15, 0.2) is 158 Å². The summed E-state index contributed by atoms with van der Waals surface area (Å²) >= 11 is 0. The molecule has 2 N–H and O–H groups in total. The number of hydrogen-bond acceptors (Lipinski definition) is 2. The molecular weight excluding hydrogens is 556 g/mol. The van der Waals surface area contributed by atoms with Crippen LogP contribution < -0.4 is 10.6 Å². The Morgan fingerprint density at radius 2 is 0.522 bits per heavy atom. The van der Waals surface area contributed by atoms with Gasteiger partial charge in [0.1, 0.15) is 0 Å². The fourth-order valence-corrected chi connectivity index (χ4v) is 6.26. The molecule has 0 amide bonds. The monoisotopic (exact) mass is 600 g/mol. The van der Waals surface area contributed by atoms with Crippen LogP contribution in [-0.4, -0.2) is 0 Å². The largest absolute Gasteiger partial charge is 0.298 e. The Kier molecular flexibility index (Phi) is 9.88. The Hall–Kier alpha value is -4.76. The van der Waals surface area contributed by atoms with Gasteiger partial charge in [-0.3, -0.25) is 10.6 Å². The minimum absolute atomic E-state index is 0.0170. The van der Waals surface area contributed by atoms with Gasteiger partial charge in [-0.1, -0.05) is 180 Å². The lowest BCUT2D eigenvalue weighted by atomic mass is 9.88. The van der Waals surface area contributed by atoms with Gasteiger partial charge in [-0.2, -0.15) is 0 Å². The zero-order valence-electron chi connectivity index (χ0n) is 27.3. The van der Waals surface area contributed by atoms with Crippen LogP contribution in [-0.2, 0) is 0 Å². The second-order valence-electron chi connectivity index (χ2n) is 12.6. The predicted molar refractivity (Wildman–Crippen MR) is 193 cm³/mol. The second-order valence-corrected chi connectivity index (χ2v) is 12.6. The zero-order chi connectivity index (χ0) is 31.9. The van der Waals surface area contributed by atoms with E-state index in [-0.39, 0.29) is 24.2 Å². The number of benzene rings is 6. The van der Waals surface area contributed by atoms with Crippen molar-refractivity contribution in [3.8, 4) is 0 Å². The van der Waals surface area contributed by atoms with Crippen molar-refractivity contribution < 1.29 is 0 Å². The third-order valence-corrected chi connectivity index (χ3v) is 8.99. The molecule has 6 aromatic carbocycles. The predicted octanol–water partition coefficient (Wildman–Crippen LogP) is 10.5. The normalized spacial score (nSPS) is 12.7. The summed E-state index contributed by atoms with van der Waals surface area (Å²) in [7, 11) is 0. The van der Waals surface area contributed by atoms with Crippen LogP contribution in [0, 0.1) is 27.7 Å². The molecule has 0 aliphatic carbocycles. The van der Waals surface area contributed by atoms with Crippen LogP contribution in [0.5, 0.6) is 0 Å². The summed E-state index contributed by atoms with van der Waals surface area (Å²) < 4.78 is 0. The van der Waals surface area contributed by atoms with Crippen LogP contribution in [0.2, 0.25) is 0 Å². The zero-order valence-corrected chi connectivity index (χ0v) is 27.3. The van der Waals surface area contributed by atoms with E-state index in [1.165, 1.54) is 55.6 Å². The van der Waals surface area contributed by atoms with Crippen LogP contribution in [0.1, 0.15) is 79.8 Å². The average Bonchev–Trinajstić information content (AvgIpc) is 3.09. The number of hydrogen-bond donors (Lipinski definition) is 2. The summed E-state index contributed by atoms with van der Waals surface area (Å²) in [6, 6.07) is 57.5. The Morgan fingerprint density at radius 1 is 0.283 bits per heavy atom. The maximum atomic E-state index is 4.20. The summed E-state index contributed by atoms with van der Waals surface area (Å²) in [6.45, 7) is 8.60. The molecule has 230 valence electrons. The van der Waals surface area contributed by atoms with Gasteiger partial charge >= 0.3 is 0 Å². The molecule has 2 unspecified atom stereocenters. The summed E-state index contributed by atoms with van der Waals surface area (Å²) in [5.41, 5.74) is 12.5. The smallest absolute Gasteiger partial charge is 0.0582 e. The van der Waals surface area contributed by atoms with Crippen LogP contribution in [0.3, 0.4) is 0 Å². The molecule has 2 nitrogen and oxygen atoms in total. The SMILES string of the molecule is Cc1ccc(C(NC(c2ccccc2)C(NC(c2ccc(C)cc2)c2ccc(C)cc2)c2ccccc2)c2ccc(C)cc2)cc1. The highest BCUT2D eigenvalue weighted by atomic mass is 15.1. The highest BCUT2D eigenvalue weighted by molar-refractivity contribution is 5.39. The van der Waals surface area contributed by atoms with Gasteiger partial charge in [0.2, 0.25) is 0 Å². The molecule has 2 heteroatoms. The van der Waals surface area contributed by atoms with E-state index in [9.17, 15) is 0 Å². The fraction of sp³-hybridized carbons (Fsp3) is 0.182. The number of nitrogens with one attached hydrogen (secondary N) is 2. The van der Waals surface area contributed by atoms with Crippen LogP contribution in [0.4, 0.5) is 0 Å². The molecule has 0 spiro atoms. The van der Waals surface area contributed by atoms with E-state index in [1.54, 1.807) is 0 Å². The van der Waals surface area contributed by atoms with Gasteiger partial charge in [0.05, 0.1) is 24.2 Å². The van der Waals surface area contributed by atoms with Gasteiger partial charge in [0.25, 0.3) is 0 Å². The summed E-state index contributed by atoms with van der Waals surface area (Å²) in [5.74, 6) is 0. The van der Waals surface area contributed by atoms with Crippen molar-refractivity contribution in [3.05, 3.63) is 213 Å². The average molecular weight is 601 g/mol. The fourth-order valence-electron chi connectivity index (χ4n) is 6.26. The lowest BCUT2D eigenvalue weighted by Gasteiger charge is -2.36. The molecule has 0 radical (unpaired) electrons. The highest BCUT2D eigenvalue weighted by Gasteiger charge is 2.31. The molecule has 2 atom stereocenters. The third-order valence-electron chi connectivity index (χ3n) is 8.99. The number of aryl methyl sites for hydroxylation is 4. The van der Waals surface area contributed by atoms with Crippen molar-refractivity contribution >= 4 is 0 Å². The number of rotatable bonds is 11. The molecule has 0 fully saturated rings. The van der Waals surface area contributed by atoms with Crippen molar-refractivity contribution in [3.63, 3.8) is 0 Å². The highest BCUT2D eigenvalue weighted by Crippen LogP contribution is 2.37. The first kappa shape index (κ1) is 31.2. The van der Waals surface area contributed by atoms with Crippen molar-refractivity contribution in [1.82, 2.24) is 10.6 Å². The summed E-state index contributed by atoms with van der Waals surface area (Å²) in [6.07, 6.45) is 0. The van der Waals surface area contributed by atoms with Crippen molar-refractivity contribution in [2.24, 2.45) is 0 Å². The molecule has 0 heterocycles. The maximum Gasteiger partial charge on any atom is 0.0582 e. The van der Waals surface area contributed by atoms with E-state index in [0.717, 1.165) is 0 Å². The molecule has 0 aliphatic rings. The van der Waals surface area contributed by atoms with Gasteiger partial charge in [-0.05, 0) is 61.1 Å². The Balaban J connectivity index is 1.50. The molecule has 0 saturated carbocycles. The molecule has 0 aliphatic heterocycles. The van der Waals surface area contributed by atoms with E-state index >= 15 is 0 Å². The van der Waals surface area contributed by atoms with Gasteiger partial charge in [0, 0.05) is 0 Å². The minimum atomic E-state index is -0.0606. The van der Waals surface area contributed by atoms with Gasteiger partial charge in [0.15, 0.2) is 0 Å². The summed E-state index contributed by atoms with van der Waals surface area (Å²) in [4.78, 5) is 0. The molecule has 0 bridgehead atoms. The van der Waals surface area contributed by atoms with E-state index in [2.05, 4.69) is 196 Å². The summed E-state index contributed by atoms with van der Waals surface area (Å²) in [5, 5.41) is 8.41. The van der Waals surface area contributed by atoms with E-state index in [1.807, 2.05) is 0 Å². The first-order valence-electron chi connectivity index (χ1n) is 16.3. The molecule has 6 rings (SSSR count). The van der Waals surface area contributed by atoms with Gasteiger partial charge < -0.3 is 0 Å². The second kappa shape index (κ2) is 14.6. The Morgan fingerprint density at radius 3 is 0.761 bits per heavy atom. The lowest BCUT2D eigenvalue weighted by molar-refractivity contribution is 0.346. The lowest BCUT2D eigenvalue weighted by Crippen LogP contribution is -2.39.